The second-order valence-electron chi connectivity index (χ2n) is 3.82. The fourth-order valence-electron chi connectivity index (χ4n) is 1.24. The van der Waals surface area contributed by atoms with E-state index in [0.717, 1.165) is 0 Å². The highest BCUT2D eigenvalue weighted by molar-refractivity contribution is 5.80. The first-order chi connectivity index (χ1) is 8.01. The van der Waals surface area contributed by atoms with E-state index in [4.69, 9.17) is 4.74 Å². The number of likely N-dealkylation sites (N-methyl/N-ethyl adjacent to an activating group) is 1. The summed E-state index contributed by atoms with van der Waals surface area (Å²) >= 11 is 0. The first-order valence-electron chi connectivity index (χ1n) is 5.17. The Bertz CT molecular complexity index is 397. The van der Waals surface area contributed by atoms with Gasteiger partial charge in [-0.1, -0.05) is 6.07 Å². The summed E-state index contributed by atoms with van der Waals surface area (Å²) in [6.45, 7) is 1.71. The molecule has 1 rings (SSSR count). The lowest BCUT2D eigenvalue weighted by molar-refractivity contribution is -0.148. The van der Waals surface area contributed by atoms with Crippen LogP contribution in [-0.2, 0) is 9.53 Å². The van der Waals surface area contributed by atoms with Crippen LogP contribution in [0.5, 0.6) is 5.75 Å². The summed E-state index contributed by atoms with van der Waals surface area (Å²) < 4.78 is 22.9. The van der Waals surface area contributed by atoms with Gasteiger partial charge in [-0.05, 0) is 26.1 Å². The van der Waals surface area contributed by atoms with E-state index >= 15 is 0 Å². The van der Waals surface area contributed by atoms with Crippen LogP contribution in [0.25, 0.3) is 0 Å². The molecular weight excluding hydrogens is 225 g/mol. The predicted octanol–water partition coefficient (Wildman–Crippen LogP) is 1.36. The van der Waals surface area contributed by atoms with Gasteiger partial charge < -0.3 is 14.8 Å². The molecule has 0 heterocycles. The van der Waals surface area contributed by atoms with Gasteiger partial charge in [-0.15, -0.1) is 0 Å². The highest BCUT2D eigenvalue weighted by Crippen LogP contribution is 2.15. The van der Waals surface area contributed by atoms with Crippen molar-refractivity contribution in [1.29, 1.82) is 0 Å². The monoisotopic (exact) mass is 241 g/mol. The van der Waals surface area contributed by atoms with E-state index in [2.05, 4.69) is 10.1 Å². The van der Waals surface area contributed by atoms with Crippen molar-refractivity contribution in [3.8, 4) is 5.75 Å². The molecule has 94 valence electrons. The van der Waals surface area contributed by atoms with Gasteiger partial charge in [-0.3, -0.25) is 0 Å². The van der Waals surface area contributed by atoms with Crippen LogP contribution in [0.15, 0.2) is 24.3 Å². The molecule has 1 aromatic carbocycles. The van der Waals surface area contributed by atoms with Crippen LogP contribution in [0.4, 0.5) is 4.39 Å². The molecule has 1 atom stereocenters. The maximum absolute atomic E-state index is 12.9. The summed E-state index contributed by atoms with van der Waals surface area (Å²) in [4.78, 5) is 11.5. The van der Waals surface area contributed by atoms with Gasteiger partial charge in [0.2, 0.25) is 0 Å². The molecule has 1 unspecified atom stereocenters. The van der Waals surface area contributed by atoms with Gasteiger partial charge in [0, 0.05) is 6.07 Å². The van der Waals surface area contributed by atoms with Gasteiger partial charge in [-0.25, -0.2) is 9.18 Å². The van der Waals surface area contributed by atoms with Crippen molar-refractivity contribution in [3.63, 3.8) is 0 Å². The number of halogens is 1. The van der Waals surface area contributed by atoms with Gasteiger partial charge in [0.15, 0.2) is 0 Å². The Labute approximate surface area is 99.7 Å². The summed E-state index contributed by atoms with van der Waals surface area (Å²) in [6.07, 6.45) is 0. The second kappa shape index (κ2) is 5.63. The first-order valence-corrected chi connectivity index (χ1v) is 5.17. The number of rotatable bonds is 5. The molecule has 17 heavy (non-hydrogen) atoms. The van der Waals surface area contributed by atoms with Crippen LogP contribution in [0, 0.1) is 5.82 Å². The fraction of sp³-hybridized carbons (Fsp3) is 0.417. The minimum atomic E-state index is -0.957. The number of nitrogens with one attached hydrogen (secondary N) is 1. The molecule has 0 aliphatic carbocycles. The minimum absolute atomic E-state index is 0.0552. The smallest absolute Gasteiger partial charge is 0.329 e. The van der Waals surface area contributed by atoms with Crippen molar-refractivity contribution in [2.24, 2.45) is 0 Å². The van der Waals surface area contributed by atoms with E-state index in [1.807, 2.05) is 0 Å². The van der Waals surface area contributed by atoms with Crippen LogP contribution in [0.1, 0.15) is 6.92 Å². The van der Waals surface area contributed by atoms with Crippen molar-refractivity contribution < 1.29 is 18.7 Å². The predicted molar refractivity (Wildman–Crippen MR) is 61.4 cm³/mol. The minimum Gasteiger partial charge on any atom is -0.491 e. The van der Waals surface area contributed by atoms with E-state index in [1.54, 1.807) is 26.1 Å². The molecule has 1 aromatic rings. The largest absolute Gasteiger partial charge is 0.491 e. The molecule has 0 saturated carbocycles. The maximum atomic E-state index is 12.9. The molecule has 0 fully saturated rings. The number of hydrogen-bond acceptors (Lipinski definition) is 4. The molecule has 5 heteroatoms. The third-order valence-electron chi connectivity index (χ3n) is 2.51. The highest BCUT2D eigenvalue weighted by Gasteiger charge is 2.33. The van der Waals surface area contributed by atoms with E-state index in [0.29, 0.717) is 5.75 Å². The zero-order valence-corrected chi connectivity index (χ0v) is 10.1. The average molecular weight is 241 g/mol. The zero-order valence-electron chi connectivity index (χ0n) is 10.1. The Balaban J connectivity index is 2.68. The van der Waals surface area contributed by atoms with Crippen LogP contribution in [0.3, 0.4) is 0 Å². The average Bonchev–Trinajstić information content (AvgIpc) is 2.35. The lowest BCUT2D eigenvalue weighted by Crippen LogP contribution is -2.52. The summed E-state index contributed by atoms with van der Waals surface area (Å²) in [6, 6.07) is 5.74. The number of hydrogen-bond donors (Lipinski definition) is 1. The van der Waals surface area contributed by atoms with Crippen molar-refractivity contribution in [2.45, 2.75) is 12.5 Å². The molecule has 0 aliphatic rings. The number of ether oxygens (including phenoxy) is 2. The van der Waals surface area contributed by atoms with E-state index in [-0.39, 0.29) is 12.4 Å². The lowest BCUT2D eigenvalue weighted by atomic mass is 10.1. The van der Waals surface area contributed by atoms with Crippen molar-refractivity contribution in [1.82, 2.24) is 5.32 Å². The molecule has 0 amide bonds. The molecule has 0 aliphatic heterocycles. The second-order valence-corrected chi connectivity index (χ2v) is 3.82. The number of benzene rings is 1. The number of carbonyl (C=O) groups is 1. The Morgan fingerprint density at radius 1 is 1.53 bits per heavy atom. The summed E-state index contributed by atoms with van der Waals surface area (Å²) in [5.74, 6) is -0.446. The van der Waals surface area contributed by atoms with E-state index < -0.39 is 11.5 Å². The van der Waals surface area contributed by atoms with Gasteiger partial charge in [0.25, 0.3) is 0 Å². The zero-order chi connectivity index (χ0) is 12.9. The number of carbonyl (C=O) groups excluding carboxylic acids is 1. The van der Waals surface area contributed by atoms with Crippen LogP contribution in [-0.4, -0.2) is 32.3 Å². The number of esters is 1. The summed E-state index contributed by atoms with van der Waals surface area (Å²) in [7, 11) is 2.94. The standard InChI is InChI=1S/C12H16FNO3/c1-12(14-2,11(15)16-3)8-17-10-6-4-5-9(13)7-10/h4-7,14H,8H2,1-3H3. The molecule has 0 saturated heterocycles. The Morgan fingerprint density at radius 2 is 2.24 bits per heavy atom. The molecule has 0 bridgehead atoms. The third-order valence-corrected chi connectivity index (χ3v) is 2.51. The third kappa shape index (κ3) is 3.42. The van der Waals surface area contributed by atoms with E-state index in [9.17, 15) is 9.18 Å². The van der Waals surface area contributed by atoms with Crippen molar-refractivity contribution in [2.75, 3.05) is 20.8 Å². The van der Waals surface area contributed by atoms with Crippen LogP contribution >= 0.6 is 0 Å². The highest BCUT2D eigenvalue weighted by atomic mass is 19.1. The summed E-state index contributed by atoms with van der Waals surface area (Å²) in [5, 5.41) is 2.82. The van der Waals surface area contributed by atoms with Gasteiger partial charge in [0.05, 0.1) is 7.11 Å². The molecule has 1 N–H and O–H groups in total. The molecule has 0 aromatic heterocycles. The Morgan fingerprint density at radius 3 is 2.76 bits per heavy atom. The number of methoxy groups -OCH3 is 1. The van der Waals surface area contributed by atoms with Crippen LogP contribution in [0.2, 0.25) is 0 Å². The van der Waals surface area contributed by atoms with Crippen molar-refractivity contribution in [3.05, 3.63) is 30.1 Å². The fourth-order valence-corrected chi connectivity index (χ4v) is 1.24. The Hall–Kier alpha value is -1.62. The summed E-state index contributed by atoms with van der Waals surface area (Å²) in [5.41, 5.74) is -0.957. The van der Waals surface area contributed by atoms with Crippen LogP contribution < -0.4 is 10.1 Å². The van der Waals surface area contributed by atoms with Gasteiger partial charge in [0.1, 0.15) is 23.7 Å². The first kappa shape index (κ1) is 13.4. The lowest BCUT2D eigenvalue weighted by Gasteiger charge is -2.25. The van der Waals surface area contributed by atoms with Gasteiger partial charge >= 0.3 is 5.97 Å². The molecule has 0 spiro atoms. The Kier molecular flexibility index (Phi) is 4.45. The molecule has 4 nitrogen and oxygen atoms in total. The normalized spacial score (nSPS) is 13.9. The molecular formula is C12H16FNO3. The maximum Gasteiger partial charge on any atom is 0.329 e. The topological polar surface area (TPSA) is 47.6 Å². The van der Waals surface area contributed by atoms with E-state index in [1.165, 1.54) is 19.2 Å². The SMILES string of the molecule is CNC(C)(COc1cccc(F)c1)C(=O)OC. The quantitative estimate of drug-likeness (QED) is 0.791. The molecule has 0 radical (unpaired) electrons. The van der Waals surface area contributed by atoms with Crippen molar-refractivity contribution >= 4 is 5.97 Å². The van der Waals surface area contributed by atoms with Gasteiger partial charge in [-0.2, -0.15) is 0 Å².